The van der Waals surface area contributed by atoms with E-state index in [2.05, 4.69) is 217 Å². The Hall–Kier alpha value is -7.94. The summed E-state index contributed by atoms with van der Waals surface area (Å²) in [6.45, 7) is 4.62. The summed E-state index contributed by atoms with van der Waals surface area (Å²) in [6.07, 6.45) is 0. The molecule has 64 heavy (non-hydrogen) atoms. The van der Waals surface area contributed by atoms with Gasteiger partial charge in [0.05, 0.1) is 27.6 Å². The maximum atomic E-state index is 10.0. The molecular weight excluding hydrogens is 773 g/mol. The standard InChI is InChI=1S/C62H42N2/c1-61(2)50-26-10-6-21-43(50)45-35-33-41(37-55(45)61)63(42-34-36-47-46-23-9-13-31-56(46)64(58(47)38-42)40-19-4-3-5-20-40)57-32-16-30-54-60(57)49-24-8-12-28-52(49)62(54)51-27-11-7-22-44(51)48-25-14-17-39-18-15-29-53(62)59(39)48/h3-38H,1-2H3/i8D,12D,24D,28D. The van der Waals surface area contributed by atoms with E-state index in [9.17, 15) is 5.48 Å². The van der Waals surface area contributed by atoms with Crippen LogP contribution in [-0.4, -0.2) is 4.57 Å². The molecular formula is C62H42N2. The number of fused-ring (bicyclic) bond motifs is 15. The van der Waals surface area contributed by atoms with Crippen LogP contribution in [0.3, 0.4) is 0 Å². The van der Waals surface area contributed by atoms with Gasteiger partial charge >= 0.3 is 0 Å². The second-order valence-electron chi connectivity index (χ2n) is 18.1. The summed E-state index contributed by atoms with van der Waals surface area (Å²) < 4.78 is 41.0. The molecule has 1 spiro atoms. The van der Waals surface area contributed by atoms with Crippen molar-refractivity contribution in [1.29, 1.82) is 0 Å². The quantitative estimate of drug-likeness (QED) is 0.172. The van der Waals surface area contributed by atoms with Crippen LogP contribution in [0.25, 0.3) is 71.6 Å². The number of rotatable bonds is 4. The average Bonchev–Trinajstić information content (AvgIpc) is 3.96. The molecule has 0 fully saturated rings. The molecule has 1 aromatic heterocycles. The monoisotopic (exact) mass is 818 g/mol. The third kappa shape index (κ3) is 4.49. The molecule has 14 rings (SSSR count). The first-order valence-corrected chi connectivity index (χ1v) is 22.2. The average molecular weight is 819 g/mol. The van der Waals surface area contributed by atoms with E-state index in [1.165, 1.54) is 27.6 Å². The third-order valence-electron chi connectivity index (χ3n) is 14.7. The summed E-state index contributed by atoms with van der Waals surface area (Å²) in [5.74, 6) is 0. The molecule has 1 heterocycles. The highest BCUT2D eigenvalue weighted by Crippen LogP contribution is 2.64. The van der Waals surface area contributed by atoms with E-state index in [0.29, 0.717) is 11.1 Å². The smallest absolute Gasteiger partial charge is 0.0726 e. The highest BCUT2D eigenvalue weighted by atomic mass is 15.1. The maximum absolute atomic E-state index is 10.0. The van der Waals surface area contributed by atoms with Crippen molar-refractivity contribution in [3.63, 3.8) is 0 Å². The van der Waals surface area contributed by atoms with Crippen LogP contribution in [0.2, 0.25) is 0 Å². The summed E-state index contributed by atoms with van der Waals surface area (Å²) >= 11 is 0. The summed E-state index contributed by atoms with van der Waals surface area (Å²) in [7, 11) is 0. The fraction of sp³-hybridized carbons (Fsp3) is 0.0645. The van der Waals surface area contributed by atoms with Crippen molar-refractivity contribution in [1.82, 2.24) is 4.57 Å². The van der Waals surface area contributed by atoms with E-state index in [0.717, 1.165) is 83.3 Å². The van der Waals surface area contributed by atoms with Crippen molar-refractivity contribution in [3.05, 3.63) is 252 Å². The van der Waals surface area contributed by atoms with Crippen LogP contribution in [0.15, 0.2) is 218 Å². The van der Waals surface area contributed by atoms with E-state index in [4.69, 9.17) is 0 Å². The highest BCUT2D eigenvalue weighted by molar-refractivity contribution is 6.12. The molecule has 0 amide bonds. The predicted octanol–water partition coefficient (Wildman–Crippen LogP) is 16.1. The molecule has 300 valence electrons. The minimum absolute atomic E-state index is 0.0215. The molecule has 0 saturated carbocycles. The van der Waals surface area contributed by atoms with Gasteiger partial charge in [0.1, 0.15) is 0 Å². The van der Waals surface area contributed by atoms with Gasteiger partial charge in [-0.3, -0.25) is 0 Å². The Morgan fingerprint density at radius 3 is 1.94 bits per heavy atom. The van der Waals surface area contributed by atoms with Gasteiger partial charge in [-0.25, -0.2) is 0 Å². The van der Waals surface area contributed by atoms with Gasteiger partial charge in [-0.2, -0.15) is 0 Å². The molecule has 0 bridgehead atoms. The van der Waals surface area contributed by atoms with Crippen molar-refractivity contribution < 1.29 is 5.48 Å². The number of aromatic nitrogens is 1. The Labute approximate surface area is 378 Å². The molecule has 2 nitrogen and oxygen atoms in total. The fourth-order valence-electron chi connectivity index (χ4n) is 12.1. The maximum Gasteiger partial charge on any atom is 0.0726 e. The molecule has 3 aliphatic rings. The van der Waals surface area contributed by atoms with Crippen LogP contribution in [-0.2, 0) is 10.8 Å². The lowest BCUT2D eigenvalue weighted by Gasteiger charge is -2.40. The molecule has 2 heteroatoms. The second kappa shape index (κ2) is 12.8. The van der Waals surface area contributed by atoms with Crippen LogP contribution in [0, 0.1) is 0 Å². The highest BCUT2D eigenvalue weighted by Gasteiger charge is 2.51. The van der Waals surface area contributed by atoms with Gasteiger partial charge in [0.25, 0.3) is 0 Å². The van der Waals surface area contributed by atoms with Gasteiger partial charge in [-0.05, 0) is 121 Å². The van der Waals surface area contributed by atoms with Crippen LogP contribution in [0.4, 0.5) is 17.1 Å². The predicted molar refractivity (Wildman–Crippen MR) is 267 cm³/mol. The number of hydrogen-bond donors (Lipinski definition) is 0. The number of para-hydroxylation sites is 2. The van der Waals surface area contributed by atoms with Gasteiger partial charge in [0.2, 0.25) is 0 Å². The zero-order chi connectivity index (χ0) is 45.8. The summed E-state index contributed by atoms with van der Waals surface area (Å²) in [5, 5.41) is 4.49. The largest absolute Gasteiger partial charge is 0.310 e. The second-order valence-corrected chi connectivity index (χ2v) is 18.1. The topological polar surface area (TPSA) is 8.17 Å². The first-order valence-electron chi connectivity index (χ1n) is 24.2. The van der Waals surface area contributed by atoms with Crippen LogP contribution in [0.5, 0.6) is 0 Å². The van der Waals surface area contributed by atoms with E-state index in [1.54, 1.807) is 0 Å². The van der Waals surface area contributed by atoms with Crippen LogP contribution >= 0.6 is 0 Å². The minimum atomic E-state index is -1.07. The Kier molecular flexibility index (Phi) is 6.37. The van der Waals surface area contributed by atoms with E-state index in [1.807, 2.05) is 0 Å². The van der Waals surface area contributed by atoms with Crippen molar-refractivity contribution in [3.8, 4) is 39.1 Å². The van der Waals surface area contributed by atoms with Crippen molar-refractivity contribution in [2.45, 2.75) is 24.7 Å². The first kappa shape index (κ1) is 31.8. The normalized spacial score (nSPS) is 16.7. The summed E-state index contributed by atoms with van der Waals surface area (Å²) in [6, 6.07) is 68.7. The zero-order valence-corrected chi connectivity index (χ0v) is 35.4. The summed E-state index contributed by atoms with van der Waals surface area (Å²) in [5.41, 5.74) is 16.7. The minimum Gasteiger partial charge on any atom is -0.310 e. The number of benzene rings is 10. The Morgan fingerprint density at radius 2 is 1.06 bits per heavy atom. The molecule has 1 atom stereocenters. The van der Waals surface area contributed by atoms with Gasteiger partial charge < -0.3 is 9.47 Å². The molecule has 0 aliphatic heterocycles. The fourth-order valence-corrected chi connectivity index (χ4v) is 12.1. The zero-order valence-electron chi connectivity index (χ0n) is 39.4. The van der Waals surface area contributed by atoms with Crippen LogP contribution < -0.4 is 4.90 Å². The Balaban J connectivity index is 1.13. The molecule has 0 radical (unpaired) electrons. The van der Waals surface area contributed by atoms with Gasteiger partial charge in [-0.1, -0.05) is 184 Å². The first-order chi connectivity index (χ1) is 33.2. The lowest BCUT2D eigenvalue weighted by molar-refractivity contribution is 0.660. The summed E-state index contributed by atoms with van der Waals surface area (Å²) in [4.78, 5) is 2.35. The number of nitrogens with zero attached hydrogens (tertiary/aromatic N) is 2. The SMILES string of the molecule is [2H]c1c([2H])c([2H])c2c(c1[2H])-c1c(N(c3ccc4c(c3)C(C)(C)c3ccccc3-4)c3ccc4c5ccccc5n(-c5ccccc5)c4c3)cccc1C21c2ccccc2-c2cccc3cccc1c23. The third-order valence-corrected chi connectivity index (χ3v) is 14.7. The van der Waals surface area contributed by atoms with E-state index in [-0.39, 0.29) is 29.6 Å². The number of hydrogen-bond acceptors (Lipinski definition) is 1. The number of anilines is 3. The molecule has 1 unspecified atom stereocenters. The van der Waals surface area contributed by atoms with Gasteiger partial charge in [-0.15, -0.1) is 0 Å². The molecule has 3 aliphatic carbocycles. The van der Waals surface area contributed by atoms with Gasteiger partial charge in [0, 0.05) is 38.8 Å². The van der Waals surface area contributed by atoms with Crippen molar-refractivity contribution >= 4 is 49.6 Å². The molecule has 11 aromatic rings. The van der Waals surface area contributed by atoms with E-state index >= 15 is 0 Å². The lowest BCUT2D eigenvalue weighted by atomic mass is 9.61. The van der Waals surface area contributed by atoms with E-state index < -0.39 is 5.41 Å². The molecule has 0 saturated heterocycles. The van der Waals surface area contributed by atoms with Crippen molar-refractivity contribution in [2.24, 2.45) is 0 Å². The molecule has 10 aromatic carbocycles. The van der Waals surface area contributed by atoms with Crippen molar-refractivity contribution in [2.75, 3.05) is 4.90 Å². The van der Waals surface area contributed by atoms with Crippen LogP contribution in [0.1, 0.15) is 52.7 Å². The Bertz CT molecular complexity index is 4010. The van der Waals surface area contributed by atoms with Gasteiger partial charge in [0.15, 0.2) is 0 Å². The lowest BCUT2D eigenvalue weighted by Crippen LogP contribution is -2.31. The Morgan fingerprint density at radius 1 is 0.438 bits per heavy atom. The molecule has 0 N–H and O–H groups in total.